The van der Waals surface area contributed by atoms with E-state index in [0.29, 0.717) is 12.8 Å². The lowest BCUT2D eigenvalue weighted by Gasteiger charge is -2.21. The lowest BCUT2D eigenvalue weighted by molar-refractivity contribution is -0.122. The summed E-state index contributed by atoms with van der Waals surface area (Å²) < 4.78 is 32.1. The molecular weight excluding hydrogens is 570 g/mol. The zero-order valence-electron chi connectivity index (χ0n) is 27.5. The second-order valence-corrected chi connectivity index (χ2v) is 12.5. The zero-order chi connectivity index (χ0) is 32.6. The number of aliphatic hydroxyl groups is 1. The van der Waals surface area contributed by atoms with E-state index in [1.165, 1.54) is 6.08 Å². The molecule has 0 aliphatic heterocycles. The fourth-order valence-electron chi connectivity index (χ4n) is 4.30. The number of amides is 1. The number of hydrogen-bond donors (Lipinski definition) is 3. The van der Waals surface area contributed by atoms with Gasteiger partial charge in [-0.1, -0.05) is 131 Å². The number of unbranched alkanes of at least 4 members (excludes halogenated alkanes) is 8. The molecule has 7 heteroatoms. The number of hydrogen-bond acceptors (Lipinski definition) is 4. The van der Waals surface area contributed by atoms with E-state index in [9.17, 15) is 22.9 Å². The third kappa shape index (κ3) is 31.0. The van der Waals surface area contributed by atoms with E-state index in [-0.39, 0.29) is 12.3 Å². The average Bonchev–Trinajstić information content (AvgIpc) is 2.98. The number of nitrogens with one attached hydrogen (secondary N) is 1. The van der Waals surface area contributed by atoms with E-state index in [1.807, 2.05) is 0 Å². The maximum atomic E-state index is 12.4. The summed E-state index contributed by atoms with van der Waals surface area (Å²) in [5.41, 5.74) is 0. The average molecular weight is 632 g/mol. The minimum absolute atomic E-state index is 0.260. The van der Waals surface area contributed by atoms with Crippen LogP contribution in [-0.2, 0) is 14.9 Å². The van der Waals surface area contributed by atoms with Gasteiger partial charge in [-0.15, -0.1) is 0 Å². The first-order valence-corrected chi connectivity index (χ1v) is 18.4. The molecule has 0 fully saturated rings. The molecule has 44 heavy (non-hydrogen) atoms. The molecule has 0 radical (unpaired) electrons. The minimum atomic E-state index is -4.35. The van der Waals surface area contributed by atoms with Gasteiger partial charge in [-0.25, -0.2) is 0 Å². The van der Waals surface area contributed by atoms with Gasteiger partial charge >= 0.3 is 0 Å². The topological polar surface area (TPSA) is 104 Å². The molecule has 0 spiro atoms. The quantitative estimate of drug-likeness (QED) is 0.0454. The van der Waals surface area contributed by atoms with Crippen molar-refractivity contribution >= 4 is 16.0 Å². The molecule has 0 aromatic rings. The molecule has 6 nitrogen and oxygen atoms in total. The summed E-state index contributed by atoms with van der Waals surface area (Å²) in [6.45, 7) is 4.29. The lowest BCUT2D eigenvalue weighted by atomic mass is 10.1. The molecule has 0 aromatic carbocycles. The van der Waals surface area contributed by atoms with E-state index >= 15 is 0 Å². The summed E-state index contributed by atoms with van der Waals surface area (Å²) in [7, 11) is -4.35. The highest BCUT2D eigenvalue weighted by Gasteiger charge is 2.24. The van der Waals surface area contributed by atoms with E-state index in [0.717, 1.165) is 89.9 Å². The summed E-state index contributed by atoms with van der Waals surface area (Å²) in [5, 5.41) is 13.0. The van der Waals surface area contributed by atoms with Crippen LogP contribution < -0.4 is 5.32 Å². The van der Waals surface area contributed by atoms with Gasteiger partial charge in [0.2, 0.25) is 5.91 Å². The zero-order valence-corrected chi connectivity index (χ0v) is 28.3. The van der Waals surface area contributed by atoms with E-state index in [4.69, 9.17) is 0 Å². The van der Waals surface area contributed by atoms with Gasteiger partial charge in [0, 0.05) is 6.42 Å². The maximum absolute atomic E-state index is 12.4. The standard InChI is InChI=1S/C37H61NO5S/c1-3-5-7-9-11-13-14-15-16-17-18-19-20-21-22-23-24-25-27-29-31-33-37(40)38-35(34-44(41,42)43)36(39)32-30-28-26-12-10-8-6-4-2/h5,7,10-13,15-16,18-19,21-22,30,32,35-36,39H,3-4,6,8-9,14,17,20,23-29,31,33-34H2,1-2H3,(H,38,40)(H,41,42,43)/b7-5-,12-10+,13-11-,16-15-,19-18-,22-21-,32-30+. The van der Waals surface area contributed by atoms with Crippen molar-refractivity contribution in [2.45, 2.75) is 135 Å². The maximum Gasteiger partial charge on any atom is 0.267 e. The summed E-state index contributed by atoms with van der Waals surface area (Å²) in [6, 6.07) is -1.09. The van der Waals surface area contributed by atoms with Crippen LogP contribution in [0.5, 0.6) is 0 Å². The molecular formula is C37H61NO5S. The molecule has 0 heterocycles. The smallest absolute Gasteiger partial charge is 0.267 e. The Morgan fingerprint density at radius 1 is 0.636 bits per heavy atom. The minimum Gasteiger partial charge on any atom is -0.387 e. The third-order valence-electron chi connectivity index (χ3n) is 6.81. The summed E-state index contributed by atoms with van der Waals surface area (Å²) in [5.74, 6) is -1.04. The first-order valence-electron chi connectivity index (χ1n) is 16.8. The van der Waals surface area contributed by atoms with Crippen molar-refractivity contribution in [3.05, 3.63) is 85.1 Å². The second-order valence-electron chi connectivity index (χ2n) is 11.0. The van der Waals surface area contributed by atoms with Gasteiger partial charge in [-0.2, -0.15) is 8.42 Å². The van der Waals surface area contributed by atoms with Crippen LogP contribution in [0.25, 0.3) is 0 Å². The summed E-state index contributed by atoms with van der Waals surface area (Å²) in [4.78, 5) is 12.4. The fraction of sp³-hybridized carbons (Fsp3) is 0.595. The molecule has 0 saturated carbocycles. The normalized spacial score (nSPS) is 14.5. The number of allylic oxidation sites excluding steroid dienone is 13. The van der Waals surface area contributed by atoms with E-state index < -0.39 is 28.0 Å². The van der Waals surface area contributed by atoms with Gasteiger partial charge in [0.25, 0.3) is 10.1 Å². The van der Waals surface area contributed by atoms with Gasteiger partial charge < -0.3 is 10.4 Å². The van der Waals surface area contributed by atoms with Crippen molar-refractivity contribution in [2.24, 2.45) is 0 Å². The van der Waals surface area contributed by atoms with Crippen LogP contribution in [0.15, 0.2) is 85.1 Å². The third-order valence-corrected chi connectivity index (χ3v) is 7.59. The Labute approximate surface area is 269 Å². The van der Waals surface area contributed by atoms with Crippen molar-refractivity contribution in [3.8, 4) is 0 Å². The Morgan fingerprint density at radius 2 is 1.11 bits per heavy atom. The first-order chi connectivity index (χ1) is 21.3. The molecule has 2 unspecified atom stereocenters. The molecule has 0 bridgehead atoms. The number of carbonyl (C=O) groups is 1. The first kappa shape index (κ1) is 41.5. The van der Waals surface area contributed by atoms with Crippen LogP contribution in [0, 0.1) is 0 Å². The highest BCUT2D eigenvalue weighted by Crippen LogP contribution is 2.09. The number of carbonyl (C=O) groups excluding carboxylic acids is 1. The lowest BCUT2D eigenvalue weighted by Crippen LogP contribution is -2.46. The van der Waals surface area contributed by atoms with Gasteiger partial charge in [-0.3, -0.25) is 9.35 Å². The van der Waals surface area contributed by atoms with Crippen LogP contribution in [0.1, 0.15) is 123 Å². The molecule has 0 saturated heterocycles. The van der Waals surface area contributed by atoms with Crippen molar-refractivity contribution < 1.29 is 22.9 Å². The van der Waals surface area contributed by atoms with Crippen molar-refractivity contribution in [1.82, 2.24) is 5.32 Å². The number of aliphatic hydroxyl groups excluding tert-OH is 1. The summed E-state index contributed by atoms with van der Waals surface area (Å²) >= 11 is 0. The van der Waals surface area contributed by atoms with Gasteiger partial charge in [0.1, 0.15) is 0 Å². The SMILES string of the molecule is CC/C=C\C/C=C\C/C=C\C/C=C\C/C=C\CCCCCCCC(=O)NC(CS(=O)(=O)O)C(O)/C=C/CC/C=C/CCCC. The van der Waals surface area contributed by atoms with Crippen molar-refractivity contribution in [3.63, 3.8) is 0 Å². The molecule has 0 aromatic heterocycles. The monoisotopic (exact) mass is 631 g/mol. The van der Waals surface area contributed by atoms with Gasteiger partial charge in [0.05, 0.1) is 17.9 Å². The molecule has 1 amide bonds. The van der Waals surface area contributed by atoms with Gasteiger partial charge in [0.15, 0.2) is 0 Å². The Balaban J connectivity index is 4.04. The Bertz CT molecular complexity index is 1000. The molecule has 250 valence electrons. The predicted octanol–water partition coefficient (Wildman–Crippen LogP) is 9.28. The Morgan fingerprint density at radius 3 is 1.70 bits per heavy atom. The number of rotatable bonds is 28. The van der Waals surface area contributed by atoms with Crippen molar-refractivity contribution in [2.75, 3.05) is 5.75 Å². The van der Waals surface area contributed by atoms with Crippen LogP contribution in [0.3, 0.4) is 0 Å². The van der Waals surface area contributed by atoms with Crippen LogP contribution in [-0.4, -0.2) is 41.9 Å². The van der Waals surface area contributed by atoms with Crippen molar-refractivity contribution in [1.29, 1.82) is 0 Å². The Kier molecular flexibility index (Phi) is 28.8. The molecule has 0 aliphatic rings. The van der Waals surface area contributed by atoms with Gasteiger partial charge in [-0.05, 0) is 70.6 Å². The fourth-order valence-corrected chi connectivity index (χ4v) is 5.03. The molecule has 0 rings (SSSR count). The highest BCUT2D eigenvalue weighted by atomic mass is 32.2. The molecule has 0 aliphatic carbocycles. The molecule has 3 N–H and O–H groups in total. The second kappa shape index (κ2) is 30.5. The predicted molar refractivity (Wildman–Crippen MR) is 188 cm³/mol. The highest BCUT2D eigenvalue weighted by molar-refractivity contribution is 7.85. The van der Waals surface area contributed by atoms with E-state index in [1.54, 1.807) is 6.08 Å². The Hall–Kier alpha value is -2.48. The summed E-state index contributed by atoms with van der Waals surface area (Å²) in [6.07, 6.45) is 44.4. The van der Waals surface area contributed by atoms with Crippen LogP contribution >= 0.6 is 0 Å². The van der Waals surface area contributed by atoms with E-state index in [2.05, 4.69) is 92.1 Å². The van der Waals surface area contributed by atoms with Crippen LogP contribution in [0.4, 0.5) is 0 Å². The van der Waals surface area contributed by atoms with Crippen LogP contribution in [0.2, 0.25) is 0 Å². The molecule has 2 atom stereocenters. The largest absolute Gasteiger partial charge is 0.387 e.